The van der Waals surface area contributed by atoms with Crippen LogP contribution in [0.1, 0.15) is 30.1 Å². The van der Waals surface area contributed by atoms with Crippen LogP contribution in [0.4, 0.5) is 5.69 Å². The van der Waals surface area contributed by atoms with Gasteiger partial charge in [-0.1, -0.05) is 40.2 Å². The lowest BCUT2D eigenvalue weighted by molar-refractivity contribution is -0.386. The molecule has 0 radical (unpaired) electrons. The smallest absolute Gasteiger partial charge is 0.276 e. The second kappa shape index (κ2) is 6.57. The number of nitrogens with one attached hydrogen (secondary N) is 1. The van der Waals surface area contributed by atoms with Crippen LogP contribution in [0.25, 0.3) is 5.57 Å². The number of para-hydroxylation sites is 1. The standard InChI is InChI=1S/C19H15BrN2O4/c20-12-5-3-4-11(10-12)16-17(23)18(26-19(16)21-13-8-9-13)14-6-1-2-7-15(14)22(24)25/h1-7,10,13,18,21H,8-9H2. The minimum atomic E-state index is -1.02. The Hall–Kier alpha value is -2.67. The quantitative estimate of drug-likeness (QED) is 0.587. The Kier molecular flexibility index (Phi) is 4.24. The molecule has 7 heteroatoms. The Balaban J connectivity index is 1.76. The predicted octanol–water partition coefficient (Wildman–Crippen LogP) is 4.12. The van der Waals surface area contributed by atoms with Crippen molar-refractivity contribution in [1.82, 2.24) is 5.32 Å². The second-order valence-electron chi connectivity index (χ2n) is 6.31. The maximum Gasteiger partial charge on any atom is 0.276 e. The van der Waals surface area contributed by atoms with Crippen LogP contribution in [0.5, 0.6) is 0 Å². The van der Waals surface area contributed by atoms with Crippen molar-refractivity contribution < 1.29 is 14.5 Å². The first-order valence-corrected chi connectivity index (χ1v) is 9.05. The van der Waals surface area contributed by atoms with Crippen molar-refractivity contribution in [3.05, 3.63) is 80.1 Å². The zero-order valence-corrected chi connectivity index (χ0v) is 15.2. The van der Waals surface area contributed by atoms with Crippen molar-refractivity contribution >= 4 is 33.0 Å². The highest BCUT2D eigenvalue weighted by Gasteiger charge is 2.41. The molecule has 26 heavy (non-hydrogen) atoms. The highest BCUT2D eigenvalue weighted by Crippen LogP contribution is 2.41. The van der Waals surface area contributed by atoms with Crippen molar-refractivity contribution in [3.63, 3.8) is 0 Å². The number of carbonyl (C=O) groups is 1. The van der Waals surface area contributed by atoms with Crippen LogP contribution in [0.15, 0.2) is 58.9 Å². The molecule has 0 aromatic heterocycles. The summed E-state index contributed by atoms with van der Waals surface area (Å²) in [7, 11) is 0. The lowest BCUT2D eigenvalue weighted by atomic mass is 9.96. The topological polar surface area (TPSA) is 81.5 Å². The molecule has 0 saturated heterocycles. The first-order valence-electron chi connectivity index (χ1n) is 8.25. The summed E-state index contributed by atoms with van der Waals surface area (Å²) in [6.07, 6.45) is 1.01. The molecule has 1 N–H and O–H groups in total. The Labute approximate surface area is 158 Å². The number of nitrogens with zero attached hydrogens (tertiary/aromatic N) is 1. The summed E-state index contributed by atoms with van der Waals surface area (Å²) < 4.78 is 6.75. The Morgan fingerprint density at radius 3 is 2.62 bits per heavy atom. The van der Waals surface area contributed by atoms with Crippen LogP contribution < -0.4 is 5.32 Å². The molecule has 4 rings (SSSR count). The van der Waals surface area contributed by atoms with E-state index in [4.69, 9.17) is 4.74 Å². The van der Waals surface area contributed by atoms with Crippen molar-refractivity contribution in [2.24, 2.45) is 0 Å². The van der Waals surface area contributed by atoms with Gasteiger partial charge in [-0.2, -0.15) is 0 Å². The Morgan fingerprint density at radius 1 is 1.15 bits per heavy atom. The molecule has 6 nitrogen and oxygen atoms in total. The lowest BCUT2D eigenvalue weighted by Crippen LogP contribution is -2.17. The number of hydrogen-bond donors (Lipinski definition) is 1. The minimum Gasteiger partial charge on any atom is -0.462 e. The summed E-state index contributed by atoms with van der Waals surface area (Å²) in [5.74, 6) is 0.124. The van der Waals surface area contributed by atoms with Crippen LogP contribution in [0.2, 0.25) is 0 Å². The van der Waals surface area contributed by atoms with E-state index in [0.29, 0.717) is 17.0 Å². The molecule has 0 spiro atoms. The van der Waals surface area contributed by atoms with E-state index in [0.717, 1.165) is 17.3 Å². The highest BCUT2D eigenvalue weighted by atomic mass is 79.9. The van der Waals surface area contributed by atoms with Crippen LogP contribution in [0, 0.1) is 10.1 Å². The number of halogens is 1. The van der Waals surface area contributed by atoms with Gasteiger partial charge in [-0.15, -0.1) is 0 Å². The molecule has 1 saturated carbocycles. The van der Waals surface area contributed by atoms with Gasteiger partial charge in [0.05, 0.1) is 16.1 Å². The van der Waals surface area contributed by atoms with Gasteiger partial charge < -0.3 is 10.1 Å². The van der Waals surface area contributed by atoms with E-state index in [1.807, 2.05) is 24.3 Å². The molecule has 0 bridgehead atoms. The first-order chi connectivity index (χ1) is 12.5. The SMILES string of the molecule is O=C1C(c2cccc(Br)c2)=C(NC2CC2)OC1c1ccccc1[N+](=O)[O-]. The van der Waals surface area contributed by atoms with Crippen molar-refractivity contribution in [3.8, 4) is 0 Å². The lowest BCUT2D eigenvalue weighted by Gasteiger charge is -2.13. The van der Waals surface area contributed by atoms with Gasteiger partial charge in [0.25, 0.3) is 5.69 Å². The van der Waals surface area contributed by atoms with Gasteiger partial charge in [-0.25, -0.2) is 0 Å². The molecule has 1 aliphatic heterocycles. The van der Waals surface area contributed by atoms with Gasteiger partial charge >= 0.3 is 0 Å². The summed E-state index contributed by atoms with van der Waals surface area (Å²) in [5, 5.41) is 14.6. The fraction of sp³-hybridized carbons (Fsp3) is 0.211. The number of hydrogen-bond acceptors (Lipinski definition) is 5. The van der Waals surface area contributed by atoms with Gasteiger partial charge in [0.2, 0.25) is 5.78 Å². The summed E-state index contributed by atoms with van der Waals surface area (Å²) in [6, 6.07) is 13.9. The predicted molar refractivity (Wildman–Crippen MR) is 99.1 cm³/mol. The van der Waals surface area contributed by atoms with Crippen LogP contribution in [-0.4, -0.2) is 16.7 Å². The van der Waals surface area contributed by atoms with Gasteiger partial charge in [0.15, 0.2) is 12.0 Å². The molecule has 2 aromatic carbocycles. The number of carbonyl (C=O) groups excluding carboxylic acids is 1. The van der Waals surface area contributed by atoms with Gasteiger partial charge in [0.1, 0.15) is 0 Å². The summed E-state index contributed by atoms with van der Waals surface area (Å²) >= 11 is 3.42. The molecule has 2 aromatic rings. The molecule has 1 aliphatic carbocycles. The van der Waals surface area contributed by atoms with E-state index >= 15 is 0 Å². The average Bonchev–Trinajstić information content (AvgIpc) is 3.37. The monoisotopic (exact) mass is 414 g/mol. The number of benzene rings is 2. The summed E-state index contributed by atoms with van der Waals surface area (Å²) in [4.78, 5) is 24.0. The Morgan fingerprint density at radius 2 is 1.92 bits per heavy atom. The number of ketones is 1. The molecule has 1 unspecified atom stereocenters. The second-order valence-corrected chi connectivity index (χ2v) is 7.23. The maximum atomic E-state index is 13.1. The summed E-state index contributed by atoms with van der Waals surface area (Å²) in [5.41, 5.74) is 1.30. The van der Waals surface area contributed by atoms with Gasteiger partial charge in [-0.05, 0) is 36.6 Å². The third-order valence-corrected chi connectivity index (χ3v) is 4.88. The van der Waals surface area contributed by atoms with Gasteiger partial charge in [0, 0.05) is 16.6 Å². The number of nitro benzene ring substituents is 1. The Bertz CT molecular complexity index is 937. The number of rotatable bonds is 5. The van der Waals surface area contributed by atoms with Crippen molar-refractivity contribution in [2.45, 2.75) is 25.0 Å². The molecule has 2 aliphatic rings. The number of Topliss-reactive ketones (excluding diaryl/α,β-unsaturated/α-hetero) is 1. The number of nitro groups is 1. The molecular formula is C19H15BrN2O4. The van der Waals surface area contributed by atoms with Crippen LogP contribution >= 0.6 is 15.9 Å². The van der Waals surface area contributed by atoms with Crippen LogP contribution in [0.3, 0.4) is 0 Å². The zero-order valence-electron chi connectivity index (χ0n) is 13.6. The summed E-state index contributed by atoms with van der Waals surface area (Å²) in [6.45, 7) is 0. The molecule has 1 heterocycles. The van der Waals surface area contributed by atoms with E-state index < -0.39 is 11.0 Å². The van der Waals surface area contributed by atoms with Crippen molar-refractivity contribution in [2.75, 3.05) is 0 Å². The van der Waals surface area contributed by atoms with E-state index in [9.17, 15) is 14.9 Å². The zero-order chi connectivity index (χ0) is 18.3. The van der Waals surface area contributed by atoms with E-state index in [2.05, 4.69) is 21.2 Å². The van der Waals surface area contributed by atoms with E-state index in [1.54, 1.807) is 18.2 Å². The van der Waals surface area contributed by atoms with Crippen molar-refractivity contribution in [1.29, 1.82) is 0 Å². The third kappa shape index (κ3) is 3.10. The number of ether oxygens (including phenoxy) is 1. The van der Waals surface area contributed by atoms with E-state index in [-0.39, 0.29) is 23.1 Å². The maximum absolute atomic E-state index is 13.1. The molecular weight excluding hydrogens is 400 g/mol. The fourth-order valence-electron chi connectivity index (χ4n) is 2.99. The fourth-order valence-corrected chi connectivity index (χ4v) is 3.39. The molecule has 1 fully saturated rings. The molecule has 0 amide bonds. The minimum absolute atomic E-state index is 0.118. The van der Waals surface area contributed by atoms with Gasteiger partial charge in [-0.3, -0.25) is 14.9 Å². The van der Waals surface area contributed by atoms with E-state index in [1.165, 1.54) is 6.07 Å². The highest BCUT2D eigenvalue weighted by molar-refractivity contribution is 9.10. The van der Waals surface area contributed by atoms with Crippen LogP contribution in [-0.2, 0) is 9.53 Å². The average molecular weight is 415 g/mol. The normalized spacial score (nSPS) is 19.4. The first kappa shape index (κ1) is 16.8. The molecule has 132 valence electrons. The molecule has 1 atom stereocenters. The largest absolute Gasteiger partial charge is 0.462 e. The third-order valence-electron chi connectivity index (χ3n) is 4.39.